The van der Waals surface area contributed by atoms with Crippen molar-refractivity contribution in [2.24, 2.45) is 5.92 Å². The van der Waals surface area contributed by atoms with Crippen LogP contribution in [0.2, 0.25) is 0 Å². The van der Waals surface area contributed by atoms with Crippen LogP contribution < -0.4 is 5.32 Å². The van der Waals surface area contributed by atoms with Gasteiger partial charge in [-0.2, -0.15) is 0 Å². The Morgan fingerprint density at radius 1 is 1.38 bits per heavy atom. The van der Waals surface area contributed by atoms with Crippen molar-refractivity contribution >= 4 is 0 Å². The molecular formula is C11H23NO. The van der Waals surface area contributed by atoms with E-state index in [1.165, 1.54) is 38.6 Å². The summed E-state index contributed by atoms with van der Waals surface area (Å²) in [4.78, 5) is 0. The molecule has 1 N–H and O–H groups in total. The largest absolute Gasteiger partial charge is 0.381 e. The first-order valence-corrected chi connectivity index (χ1v) is 5.72. The molecule has 0 aromatic heterocycles. The van der Waals surface area contributed by atoms with Gasteiger partial charge in [0.05, 0.1) is 6.61 Å². The van der Waals surface area contributed by atoms with Gasteiger partial charge in [0, 0.05) is 13.2 Å². The monoisotopic (exact) mass is 185 g/mol. The molecule has 13 heavy (non-hydrogen) atoms. The highest BCUT2D eigenvalue weighted by molar-refractivity contribution is 4.67. The maximum atomic E-state index is 5.64. The van der Waals surface area contributed by atoms with E-state index in [0.29, 0.717) is 0 Å². The van der Waals surface area contributed by atoms with E-state index in [9.17, 15) is 0 Å². The molecule has 2 nitrogen and oxygen atoms in total. The molecule has 1 fully saturated rings. The summed E-state index contributed by atoms with van der Waals surface area (Å²) in [5, 5.41) is 3.41. The molecule has 0 bridgehead atoms. The van der Waals surface area contributed by atoms with Crippen LogP contribution in [-0.4, -0.2) is 26.3 Å². The molecule has 1 atom stereocenters. The summed E-state index contributed by atoms with van der Waals surface area (Å²) < 4.78 is 5.64. The van der Waals surface area contributed by atoms with E-state index in [0.717, 1.165) is 25.7 Å². The lowest BCUT2D eigenvalue weighted by Crippen LogP contribution is -2.32. The molecule has 0 aliphatic carbocycles. The molecule has 1 rings (SSSR count). The van der Waals surface area contributed by atoms with Crippen molar-refractivity contribution in [3.05, 3.63) is 0 Å². The summed E-state index contributed by atoms with van der Waals surface area (Å²) in [5.74, 6) is 0.773. The molecule has 0 spiro atoms. The molecule has 78 valence electrons. The SMILES string of the molecule is CCCCCOC[C@@H]1CCCNC1. The topological polar surface area (TPSA) is 21.3 Å². The van der Waals surface area contributed by atoms with Gasteiger partial charge in [-0.1, -0.05) is 19.8 Å². The van der Waals surface area contributed by atoms with Crippen molar-refractivity contribution in [1.29, 1.82) is 0 Å². The minimum Gasteiger partial charge on any atom is -0.381 e. The predicted molar refractivity (Wildman–Crippen MR) is 55.9 cm³/mol. The highest BCUT2D eigenvalue weighted by Crippen LogP contribution is 2.10. The molecule has 0 radical (unpaired) electrons. The molecule has 1 aliphatic heterocycles. The smallest absolute Gasteiger partial charge is 0.0506 e. The third kappa shape index (κ3) is 5.27. The molecular weight excluding hydrogens is 162 g/mol. The first-order valence-electron chi connectivity index (χ1n) is 5.72. The molecule has 0 saturated carbocycles. The molecule has 1 aliphatic rings. The molecule has 1 saturated heterocycles. The lowest BCUT2D eigenvalue weighted by molar-refractivity contribution is 0.0871. The number of hydrogen-bond acceptors (Lipinski definition) is 2. The number of ether oxygens (including phenoxy) is 1. The van der Waals surface area contributed by atoms with Crippen molar-refractivity contribution < 1.29 is 4.74 Å². The van der Waals surface area contributed by atoms with Crippen LogP contribution in [0.15, 0.2) is 0 Å². The number of nitrogens with one attached hydrogen (secondary N) is 1. The Labute approximate surface area is 82.0 Å². The average molecular weight is 185 g/mol. The summed E-state index contributed by atoms with van der Waals surface area (Å²) in [5.41, 5.74) is 0. The van der Waals surface area contributed by atoms with Crippen LogP contribution in [-0.2, 0) is 4.74 Å². The summed E-state index contributed by atoms with van der Waals surface area (Å²) in [6, 6.07) is 0. The number of unbranched alkanes of at least 4 members (excludes halogenated alkanes) is 2. The van der Waals surface area contributed by atoms with E-state index >= 15 is 0 Å². The van der Waals surface area contributed by atoms with Gasteiger partial charge in [-0.15, -0.1) is 0 Å². The highest BCUT2D eigenvalue weighted by atomic mass is 16.5. The van der Waals surface area contributed by atoms with Gasteiger partial charge in [-0.25, -0.2) is 0 Å². The standard InChI is InChI=1S/C11H23NO/c1-2-3-4-8-13-10-11-6-5-7-12-9-11/h11-12H,2-10H2,1H3/t11-/m1/s1. The zero-order valence-corrected chi connectivity index (χ0v) is 8.85. The summed E-state index contributed by atoms with van der Waals surface area (Å²) in [6.07, 6.45) is 6.50. The molecule has 1 heterocycles. The minimum absolute atomic E-state index is 0.773. The van der Waals surface area contributed by atoms with Gasteiger partial charge in [-0.05, 0) is 31.7 Å². The summed E-state index contributed by atoms with van der Waals surface area (Å²) in [6.45, 7) is 6.52. The van der Waals surface area contributed by atoms with Crippen LogP contribution in [0.25, 0.3) is 0 Å². The Hall–Kier alpha value is -0.0800. The number of piperidine rings is 1. The van der Waals surface area contributed by atoms with Crippen LogP contribution in [0.3, 0.4) is 0 Å². The Balaban J connectivity index is 1.86. The first-order chi connectivity index (χ1) is 6.43. The minimum atomic E-state index is 0.773. The molecule has 0 unspecified atom stereocenters. The van der Waals surface area contributed by atoms with E-state index in [1.807, 2.05) is 0 Å². The quantitative estimate of drug-likeness (QED) is 0.640. The van der Waals surface area contributed by atoms with E-state index < -0.39 is 0 Å². The van der Waals surface area contributed by atoms with Crippen LogP contribution >= 0.6 is 0 Å². The van der Waals surface area contributed by atoms with E-state index in [1.54, 1.807) is 0 Å². The fourth-order valence-corrected chi connectivity index (χ4v) is 1.77. The second kappa shape index (κ2) is 7.34. The van der Waals surface area contributed by atoms with Crippen LogP contribution in [0.5, 0.6) is 0 Å². The zero-order chi connectivity index (χ0) is 9.36. The van der Waals surface area contributed by atoms with Gasteiger partial charge >= 0.3 is 0 Å². The number of rotatable bonds is 6. The fraction of sp³-hybridized carbons (Fsp3) is 1.00. The predicted octanol–water partition coefficient (Wildman–Crippen LogP) is 2.19. The third-order valence-corrected chi connectivity index (χ3v) is 2.64. The third-order valence-electron chi connectivity index (χ3n) is 2.64. The van der Waals surface area contributed by atoms with E-state index in [-0.39, 0.29) is 0 Å². The van der Waals surface area contributed by atoms with Gasteiger partial charge in [0.15, 0.2) is 0 Å². The second-order valence-electron chi connectivity index (χ2n) is 3.99. The Morgan fingerprint density at radius 3 is 3.00 bits per heavy atom. The van der Waals surface area contributed by atoms with E-state index in [4.69, 9.17) is 4.74 Å². The zero-order valence-electron chi connectivity index (χ0n) is 8.85. The van der Waals surface area contributed by atoms with Gasteiger partial charge in [-0.3, -0.25) is 0 Å². The molecule has 2 heteroatoms. The van der Waals surface area contributed by atoms with Crippen molar-refractivity contribution in [1.82, 2.24) is 5.32 Å². The van der Waals surface area contributed by atoms with Gasteiger partial charge in [0.1, 0.15) is 0 Å². The lowest BCUT2D eigenvalue weighted by atomic mass is 10.0. The molecule has 0 aromatic rings. The highest BCUT2D eigenvalue weighted by Gasteiger charge is 2.12. The Morgan fingerprint density at radius 2 is 2.31 bits per heavy atom. The fourth-order valence-electron chi connectivity index (χ4n) is 1.77. The van der Waals surface area contributed by atoms with Gasteiger partial charge < -0.3 is 10.1 Å². The molecule has 0 aromatic carbocycles. The van der Waals surface area contributed by atoms with Crippen LogP contribution in [0, 0.1) is 5.92 Å². The summed E-state index contributed by atoms with van der Waals surface area (Å²) >= 11 is 0. The van der Waals surface area contributed by atoms with Crippen molar-refractivity contribution in [2.75, 3.05) is 26.3 Å². The van der Waals surface area contributed by atoms with Gasteiger partial charge in [0.25, 0.3) is 0 Å². The second-order valence-corrected chi connectivity index (χ2v) is 3.99. The van der Waals surface area contributed by atoms with Crippen molar-refractivity contribution in [2.45, 2.75) is 39.0 Å². The van der Waals surface area contributed by atoms with Crippen molar-refractivity contribution in [3.8, 4) is 0 Å². The normalized spacial score (nSPS) is 23.3. The van der Waals surface area contributed by atoms with Crippen LogP contribution in [0.4, 0.5) is 0 Å². The maximum Gasteiger partial charge on any atom is 0.0506 e. The van der Waals surface area contributed by atoms with Crippen LogP contribution in [0.1, 0.15) is 39.0 Å². The molecule has 0 amide bonds. The lowest BCUT2D eigenvalue weighted by Gasteiger charge is -2.22. The Bertz CT molecular complexity index is 111. The summed E-state index contributed by atoms with van der Waals surface area (Å²) in [7, 11) is 0. The van der Waals surface area contributed by atoms with Crippen molar-refractivity contribution in [3.63, 3.8) is 0 Å². The Kier molecular flexibility index (Phi) is 6.21. The first kappa shape index (κ1) is 11.0. The number of hydrogen-bond donors (Lipinski definition) is 1. The van der Waals surface area contributed by atoms with E-state index in [2.05, 4.69) is 12.2 Å². The maximum absolute atomic E-state index is 5.64. The average Bonchev–Trinajstić information content (AvgIpc) is 2.19. The van der Waals surface area contributed by atoms with Gasteiger partial charge in [0.2, 0.25) is 0 Å².